The summed E-state index contributed by atoms with van der Waals surface area (Å²) in [6, 6.07) is 8.16. The summed E-state index contributed by atoms with van der Waals surface area (Å²) in [7, 11) is 2.15. The predicted molar refractivity (Wildman–Crippen MR) is 95.4 cm³/mol. The summed E-state index contributed by atoms with van der Waals surface area (Å²) in [6.45, 7) is 6.25. The largest absolute Gasteiger partial charge is 0.369 e. The van der Waals surface area contributed by atoms with Gasteiger partial charge in [0.2, 0.25) is 5.91 Å². The first kappa shape index (κ1) is 16.7. The average Bonchev–Trinajstić information content (AvgIpc) is 2.49. The monoisotopic (exact) mass is 320 g/mol. The normalized spacial score (nSPS) is 15.5. The lowest BCUT2D eigenvalue weighted by atomic mass is 10.2. The van der Waals surface area contributed by atoms with Gasteiger partial charge in [0.25, 0.3) is 0 Å². The highest BCUT2D eigenvalue weighted by Crippen LogP contribution is 2.19. The van der Waals surface area contributed by atoms with E-state index in [1.165, 1.54) is 5.69 Å². The van der Waals surface area contributed by atoms with Crippen molar-refractivity contribution in [1.82, 2.24) is 10.2 Å². The van der Waals surface area contributed by atoms with Gasteiger partial charge in [0, 0.05) is 44.0 Å². The molecule has 0 bridgehead atoms. The smallest absolute Gasteiger partial charge is 0.226 e. The summed E-state index contributed by atoms with van der Waals surface area (Å²) in [4.78, 5) is 16.2. The zero-order chi connectivity index (χ0) is 15.9. The highest BCUT2D eigenvalue weighted by atomic mass is 32.1. The number of anilines is 2. The second-order valence-electron chi connectivity index (χ2n) is 5.59. The van der Waals surface area contributed by atoms with E-state index in [-0.39, 0.29) is 5.91 Å². The number of hydrogen-bond acceptors (Lipinski definition) is 4. The minimum absolute atomic E-state index is 0.0472. The Morgan fingerprint density at radius 1 is 1.18 bits per heavy atom. The molecule has 0 radical (unpaired) electrons. The van der Waals surface area contributed by atoms with Crippen LogP contribution in [0, 0.1) is 0 Å². The molecule has 1 aliphatic heterocycles. The van der Waals surface area contributed by atoms with Gasteiger partial charge in [0.05, 0.1) is 0 Å². The Kier molecular flexibility index (Phi) is 6.15. The first-order chi connectivity index (χ1) is 10.6. The Morgan fingerprint density at radius 3 is 2.41 bits per heavy atom. The quantitative estimate of drug-likeness (QED) is 0.832. The molecule has 1 aromatic carbocycles. The third kappa shape index (κ3) is 4.96. The van der Waals surface area contributed by atoms with Gasteiger partial charge in [0.15, 0.2) is 5.11 Å². The molecule has 22 heavy (non-hydrogen) atoms. The van der Waals surface area contributed by atoms with E-state index >= 15 is 0 Å². The van der Waals surface area contributed by atoms with Crippen LogP contribution in [0.25, 0.3) is 0 Å². The number of benzene rings is 1. The maximum atomic E-state index is 11.5. The van der Waals surface area contributed by atoms with Crippen LogP contribution in [0.3, 0.4) is 0 Å². The molecular weight excluding hydrogens is 296 g/mol. The number of likely N-dealkylation sites (N-methyl/N-ethyl adjacent to an activating group) is 1. The van der Waals surface area contributed by atoms with Crippen molar-refractivity contribution >= 4 is 34.6 Å². The fourth-order valence-corrected chi connectivity index (χ4v) is 2.63. The van der Waals surface area contributed by atoms with Gasteiger partial charge in [-0.2, -0.15) is 0 Å². The molecule has 1 fully saturated rings. The molecule has 0 saturated carbocycles. The number of carbonyl (C=O) groups is 1. The molecule has 2 rings (SSSR count). The van der Waals surface area contributed by atoms with Crippen LogP contribution in [-0.2, 0) is 4.79 Å². The van der Waals surface area contributed by atoms with E-state index in [0.717, 1.165) is 38.3 Å². The van der Waals surface area contributed by atoms with E-state index < -0.39 is 0 Å². The summed E-state index contributed by atoms with van der Waals surface area (Å²) in [5, 5.41) is 6.07. The van der Waals surface area contributed by atoms with Crippen molar-refractivity contribution in [3.05, 3.63) is 24.3 Å². The first-order valence-electron chi connectivity index (χ1n) is 7.73. The van der Waals surface area contributed by atoms with Crippen LogP contribution in [0.5, 0.6) is 0 Å². The number of carbonyl (C=O) groups excluding carboxylic acids is 1. The number of piperazine rings is 1. The first-order valence-corrected chi connectivity index (χ1v) is 8.13. The van der Waals surface area contributed by atoms with Gasteiger partial charge < -0.3 is 20.4 Å². The number of hydrogen-bond donors (Lipinski definition) is 2. The van der Waals surface area contributed by atoms with Crippen molar-refractivity contribution in [3.8, 4) is 0 Å². The molecule has 1 aromatic rings. The lowest BCUT2D eigenvalue weighted by molar-refractivity contribution is -0.119. The van der Waals surface area contributed by atoms with Gasteiger partial charge in [-0.15, -0.1) is 0 Å². The van der Waals surface area contributed by atoms with Crippen molar-refractivity contribution < 1.29 is 4.79 Å². The summed E-state index contributed by atoms with van der Waals surface area (Å²) in [5.74, 6) is -0.0472. The molecule has 120 valence electrons. The van der Waals surface area contributed by atoms with Crippen molar-refractivity contribution in [2.24, 2.45) is 0 Å². The molecule has 0 aliphatic carbocycles. The minimum atomic E-state index is -0.0472. The van der Waals surface area contributed by atoms with Gasteiger partial charge in [-0.05, 0) is 50.0 Å². The van der Waals surface area contributed by atoms with Crippen molar-refractivity contribution in [2.45, 2.75) is 19.8 Å². The third-order valence-electron chi connectivity index (χ3n) is 3.72. The minimum Gasteiger partial charge on any atom is -0.369 e. The maximum Gasteiger partial charge on any atom is 0.226 e. The number of amides is 1. The van der Waals surface area contributed by atoms with E-state index in [2.05, 4.69) is 39.6 Å². The lowest BCUT2D eigenvalue weighted by Crippen LogP contribution is -2.44. The molecular formula is C16H24N4OS. The molecule has 0 atom stereocenters. The predicted octanol–water partition coefficient (Wildman–Crippen LogP) is 2.05. The fourth-order valence-electron chi connectivity index (χ4n) is 2.40. The van der Waals surface area contributed by atoms with Crippen LogP contribution in [0.4, 0.5) is 11.4 Å². The molecule has 5 nitrogen and oxygen atoms in total. The number of nitrogens with zero attached hydrogens (tertiary/aromatic N) is 2. The van der Waals surface area contributed by atoms with Crippen molar-refractivity contribution in [3.63, 3.8) is 0 Å². The Hall–Kier alpha value is -1.66. The standard InChI is InChI=1S/C16H24N4OS/c1-3-4-15(21)18-16(22)17-13-5-7-14(8-6-13)20-11-9-19(2)10-12-20/h5-8H,3-4,9-12H2,1-2H3,(H2,17,18,21,22). The molecule has 1 aliphatic rings. The number of rotatable bonds is 4. The van der Waals surface area contributed by atoms with Gasteiger partial charge in [-0.3, -0.25) is 4.79 Å². The number of nitrogens with one attached hydrogen (secondary N) is 2. The van der Waals surface area contributed by atoms with Crippen molar-refractivity contribution in [1.29, 1.82) is 0 Å². The Bertz CT molecular complexity index is 509. The highest BCUT2D eigenvalue weighted by Gasteiger charge is 2.14. The summed E-state index contributed by atoms with van der Waals surface area (Å²) in [5.41, 5.74) is 2.11. The van der Waals surface area contributed by atoms with Gasteiger partial charge in [-0.1, -0.05) is 6.92 Å². The average molecular weight is 320 g/mol. The van der Waals surface area contributed by atoms with Crippen LogP contribution < -0.4 is 15.5 Å². The fraction of sp³-hybridized carbons (Fsp3) is 0.500. The SMILES string of the molecule is CCCC(=O)NC(=S)Nc1ccc(N2CCN(C)CC2)cc1. The van der Waals surface area contributed by atoms with E-state index in [1.54, 1.807) is 0 Å². The number of thiocarbonyl (C=S) groups is 1. The second-order valence-corrected chi connectivity index (χ2v) is 6.00. The zero-order valence-electron chi connectivity index (χ0n) is 13.3. The molecule has 0 unspecified atom stereocenters. The van der Waals surface area contributed by atoms with E-state index in [4.69, 9.17) is 12.2 Å². The Balaban J connectivity index is 1.86. The molecule has 1 saturated heterocycles. The van der Waals surface area contributed by atoms with E-state index in [0.29, 0.717) is 11.5 Å². The zero-order valence-corrected chi connectivity index (χ0v) is 14.1. The third-order valence-corrected chi connectivity index (χ3v) is 3.93. The topological polar surface area (TPSA) is 47.6 Å². The summed E-state index contributed by atoms with van der Waals surface area (Å²) in [6.07, 6.45) is 1.30. The van der Waals surface area contributed by atoms with Crippen LogP contribution in [0.15, 0.2) is 24.3 Å². The van der Waals surface area contributed by atoms with Gasteiger partial charge >= 0.3 is 0 Å². The Morgan fingerprint density at radius 2 is 1.82 bits per heavy atom. The van der Waals surface area contributed by atoms with Crippen LogP contribution in [-0.4, -0.2) is 49.1 Å². The molecule has 6 heteroatoms. The summed E-state index contributed by atoms with van der Waals surface area (Å²) >= 11 is 5.14. The van der Waals surface area contributed by atoms with Crippen LogP contribution in [0.2, 0.25) is 0 Å². The van der Waals surface area contributed by atoms with Gasteiger partial charge in [0.1, 0.15) is 0 Å². The molecule has 1 amide bonds. The molecule has 0 aromatic heterocycles. The van der Waals surface area contributed by atoms with E-state index in [1.807, 2.05) is 19.1 Å². The van der Waals surface area contributed by atoms with Crippen LogP contribution >= 0.6 is 12.2 Å². The summed E-state index contributed by atoms with van der Waals surface area (Å²) < 4.78 is 0. The second kappa shape index (κ2) is 8.10. The van der Waals surface area contributed by atoms with E-state index in [9.17, 15) is 4.79 Å². The lowest BCUT2D eigenvalue weighted by Gasteiger charge is -2.34. The maximum absolute atomic E-state index is 11.5. The molecule has 1 heterocycles. The Labute approximate surface area is 137 Å². The van der Waals surface area contributed by atoms with Crippen LogP contribution in [0.1, 0.15) is 19.8 Å². The molecule has 2 N–H and O–H groups in total. The van der Waals surface area contributed by atoms with Gasteiger partial charge in [-0.25, -0.2) is 0 Å². The van der Waals surface area contributed by atoms with Crippen molar-refractivity contribution in [2.75, 3.05) is 43.4 Å². The highest BCUT2D eigenvalue weighted by molar-refractivity contribution is 7.80. The molecule has 0 spiro atoms.